The van der Waals surface area contributed by atoms with E-state index in [1.807, 2.05) is 13.0 Å². The monoisotopic (exact) mass is 313 g/mol. The first kappa shape index (κ1) is 16.7. The molecule has 120 valence electrons. The van der Waals surface area contributed by atoms with Crippen LogP contribution in [0.3, 0.4) is 0 Å². The van der Waals surface area contributed by atoms with Gasteiger partial charge in [-0.25, -0.2) is 4.79 Å². The molecule has 2 rings (SSSR count). The van der Waals surface area contributed by atoms with Gasteiger partial charge in [-0.2, -0.15) is 0 Å². The molecule has 0 unspecified atom stereocenters. The zero-order valence-electron chi connectivity index (χ0n) is 13.0. The number of hydrogen-bond acceptors (Lipinski definition) is 4. The molecular weight excluding hydrogens is 294 g/mol. The highest BCUT2D eigenvalue weighted by Gasteiger charge is 2.31. The van der Waals surface area contributed by atoms with Crippen molar-refractivity contribution in [3.05, 3.63) is 71.3 Å². The highest BCUT2D eigenvalue weighted by molar-refractivity contribution is 5.96. The molecular formula is C18H19NO4. The Kier molecular flexibility index (Phi) is 5.49. The summed E-state index contributed by atoms with van der Waals surface area (Å²) in [4.78, 5) is 24.2. The van der Waals surface area contributed by atoms with E-state index >= 15 is 0 Å². The lowest BCUT2D eigenvalue weighted by Gasteiger charge is -2.22. The summed E-state index contributed by atoms with van der Waals surface area (Å²) < 4.78 is 4.71. The van der Waals surface area contributed by atoms with E-state index in [0.29, 0.717) is 11.1 Å². The Bertz CT molecular complexity index is 684. The average Bonchev–Trinajstić information content (AvgIpc) is 2.59. The summed E-state index contributed by atoms with van der Waals surface area (Å²) >= 11 is 0. The predicted molar refractivity (Wildman–Crippen MR) is 85.9 cm³/mol. The molecule has 0 heterocycles. The van der Waals surface area contributed by atoms with Crippen LogP contribution in [0.15, 0.2) is 54.6 Å². The van der Waals surface area contributed by atoms with E-state index in [0.717, 1.165) is 5.56 Å². The molecule has 0 aromatic heterocycles. The lowest BCUT2D eigenvalue weighted by molar-refractivity contribution is -0.146. The summed E-state index contributed by atoms with van der Waals surface area (Å²) in [6.07, 6.45) is -1.20. The second-order valence-corrected chi connectivity index (χ2v) is 5.20. The van der Waals surface area contributed by atoms with Crippen molar-refractivity contribution in [3.8, 4) is 0 Å². The van der Waals surface area contributed by atoms with Gasteiger partial charge in [0.1, 0.15) is 6.10 Å². The largest absolute Gasteiger partial charge is 0.467 e. The third-order valence-electron chi connectivity index (χ3n) is 3.48. The van der Waals surface area contributed by atoms with Crippen LogP contribution in [0.4, 0.5) is 0 Å². The van der Waals surface area contributed by atoms with Gasteiger partial charge in [0.25, 0.3) is 5.91 Å². The third kappa shape index (κ3) is 4.17. The number of carbonyl (C=O) groups is 2. The second-order valence-electron chi connectivity index (χ2n) is 5.20. The number of carbonyl (C=O) groups excluding carboxylic acids is 2. The van der Waals surface area contributed by atoms with Crippen LogP contribution in [0.2, 0.25) is 0 Å². The van der Waals surface area contributed by atoms with Crippen LogP contribution in [-0.2, 0) is 9.53 Å². The maximum absolute atomic E-state index is 12.2. The fraction of sp³-hybridized carbons (Fsp3) is 0.222. The molecule has 0 radical (unpaired) electrons. The first-order valence-electron chi connectivity index (χ1n) is 7.21. The van der Waals surface area contributed by atoms with Gasteiger partial charge in [0.2, 0.25) is 0 Å². The molecule has 0 saturated carbocycles. The molecule has 5 nitrogen and oxygen atoms in total. The Morgan fingerprint density at radius 1 is 1.09 bits per heavy atom. The average molecular weight is 313 g/mol. The molecule has 0 aliphatic heterocycles. The first-order valence-corrected chi connectivity index (χ1v) is 7.21. The van der Waals surface area contributed by atoms with Crippen molar-refractivity contribution in [2.75, 3.05) is 7.11 Å². The summed E-state index contributed by atoms with van der Waals surface area (Å²) in [6.45, 7) is 1.88. The van der Waals surface area contributed by atoms with Crippen molar-refractivity contribution in [2.45, 2.75) is 19.1 Å². The van der Waals surface area contributed by atoms with Gasteiger partial charge in [-0.15, -0.1) is 0 Å². The maximum atomic E-state index is 12.2. The van der Waals surface area contributed by atoms with Gasteiger partial charge in [-0.1, -0.05) is 48.0 Å². The number of hydrogen-bond donors (Lipinski definition) is 2. The SMILES string of the molecule is COC(=O)[C@@H](NC(=O)c1ccccc1)[C@@H](O)c1cccc(C)c1. The van der Waals surface area contributed by atoms with Crippen molar-refractivity contribution < 1.29 is 19.4 Å². The van der Waals surface area contributed by atoms with E-state index in [4.69, 9.17) is 4.74 Å². The van der Waals surface area contributed by atoms with E-state index in [9.17, 15) is 14.7 Å². The number of nitrogens with one attached hydrogen (secondary N) is 1. The van der Waals surface area contributed by atoms with Gasteiger partial charge >= 0.3 is 5.97 Å². The molecule has 0 saturated heterocycles. The van der Waals surface area contributed by atoms with Gasteiger partial charge in [0.05, 0.1) is 7.11 Å². The quantitative estimate of drug-likeness (QED) is 0.828. The Morgan fingerprint density at radius 3 is 2.39 bits per heavy atom. The van der Waals surface area contributed by atoms with Gasteiger partial charge < -0.3 is 15.2 Å². The van der Waals surface area contributed by atoms with Crippen LogP contribution in [0.25, 0.3) is 0 Å². The summed E-state index contributed by atoms with van der Waals surface area (Å²) in [6, 6.07) is 14.4. The lowest BCUT2D eigenvalue weighted by atomic mass is 10.00. The van der Waals surface area contributed by atoms with E-state index in [-0.39, 0.29) is 0 Å². The molecule has 23 heavy (non-hydrogen) atoms. The van der Waals surface area contributed by atoms with Gasteiger partial charge in [-0.05, 0) is 24.6 Å². The number of aryl methyl sites for hydroxylation is 1. The summed E-state index contributed by atoms with van der Waals surface area (Å²) in [5.74, 6) is -1.16. The predicted octanol–water partition coefficient (Wildman–Crippen LogP) is 2.00. The Labute approximate surface area is 134 Å². The van der Waals surface area contributed by atoms with Gasteiger partial charge in [0, 0.05) is 5.56 Å². The molecule has 2 N–H and O–H groups in total. The summed E-state index contributed by atoms with van der Waals surface area (Å²) in [5, 5.41) is 13.0. The number of aliphatic hydroxyl groups is 1. The molecule has 0 fully saturated rings. The van der Waals surface area contributed by atoms with Crippen molar-refractivity contribution in [2.24, 2.45) is 0 Å². The zero-order chi connectivity index (χ0) is 16.8. The van der Waals surface area contributed by atoms with E-state index in [2.05, 4.69) is 5.32 Å². The van der Waals surface area contributed by atoms with Crippen molar-refractivity contribution in [3.63, 3.8) is 0 Å². The molecule has 2 aromatic rings. The number of aliphatic hydroxyl groups excluding tert-OH is 1. The molecule has 5 heteroatoms. The maximum Gasteiger partial charge on any atom is 0.331 e. The minimum Gasteiger partial charge on any atom is -0.467 e. The molecule has 2 aromatic carbocycles. The number of esters is 1. The van der Waals surface area contributed by atoms with Crippen molar-refractivity contribution in [1.82, 2.24) is 5.32 Å². The summed E-state index contributed by atoms with van der Waals surface area (Å²) in [5.41, 5.74) is 1.88. The van der Waals surface area contributed by atoms with Crippen LogP contribution in [-0.4, -0.2) is 30.1 Å². The lowest BCUT2D eigenvalue weighted by Crippen LogP contribution is -2.45. The van der Waals surface area contributed by atoms with Gasteiger partial charge in [0.15, 0.2) is 6.04 Å². The molecule has 1 amide bonds. The number of ether oxygens (including phenoxy) is 1. The Morgan fingerprint density at radius 2 is 1.78 bits per heavy atom. The highest BCUT2D eigenvalue weighted by Crippen LogP contribution is 2.19. The van der Waals surface area contributed by atoms with Crippen LogP contribution in [0, 0.1) is 6.92 Å². The minimum atomic E-state index is -1.20. The van der Waals surface area contributed by atoms with E-state index < -0.39 is 24.0 Å². The molecule has 2 atom stereocenters. The van der Waals surface area contributed by atoms with Crippen LogP contribution in [0.1, 0.15) is 27.6 Å². The topological polar surface area (TPSA) is 75.6 Å². The smallest absolute Gasteiger partial charge is 0.331 e. The number of amides is 1. The van der Waals surface area contributed by atoms with E-state index in [1.54, 1.807) is 48.5 Å². The molecule has 0 aliphatic rings. The van der Waals surface area contributed by atoms with Crippen molar-refractivity contribution >= 4 is 11.9 Å². The van der Waals surface area contributed by atoms with E-state index in [1.165, 1.54) is 7.11 Å². The highest BCUT2D eigenvalue weighted by atomic mass is 16.5. The van der Waals surface area contributed by atoms with Crippen LogP contribution in [0.5, 0.6) is 0 Å². The second kappa shape index (κ2) is 7.56. The fourth-order valence-corrected chi connectivity index (χ4v) is 2.25. The number of benzene rings is 2. The molecule has 0 aliphatic carbocycles. The van der Waals surface area contributed by atoms with Crippen LogP contribution < -0.4 is 5.32 Å². The third-order valence-corrected chi connectivity index (χ3v) is 3.48. The Hall–Kier alpha value is -2.66. The van der Waals surface area contributed by atoms with Gasteiger partial charge in [-0.3, -0.25) is 4.79 Å². The Balaban J connectivity index is 2.23. The number of methoxy groups -OCH3 is 1. The zero-order valence-corrected chi connectivity index (χ0v) is 13.0. The molecule has 0 bridgehead atoms. The fourth-order valence-electron chi connectivity index (χ4n) is 2.25. The minimum absolute atomic E-state index is 0.401. The summed E-state index contributed by atoms with van der Waals surface area (Å²) in [7, 11) is 1.22. The van der Waals surface area contributed by atoms with Crippen LogP contribution >= 0.6 is 0 Å². The number of rotatable bonds is 5. The molecule has 0 spiro atoms. The standard InChI is InChI=1S/C18H19NO4/c1-12-7-6-10-14(11-12)16(20)15(18(22)23-2)19-17(21)13-8-4-3-5-9-13/h3-11,15-16,20H,1-2H3,(H,19,21)/t15-,16-/m0/s1. The van der Waals surface area contributed by atoms with Crippen molar-refractivity contribution in [1.29, 1.82) is 0 Å². The first-order chi connectivity index (χ1) is 11.0. The normalized spacial score (nSPS) is 13.0.